The van der Waals surface area contributed by atoms with Crippen molar-refractivity contribution in [2.45, 2.75) is 43.0 Å². The maximum Gasteiger partial charge on any atom is 0.251 e. The van der Waals surface area contributed by atoms with Crippen molar-refractivity contribution in [2.75, 3.05) is 33.3 Å². The highest BCUT2D eigenvalue weighted by Crippen LogP contribution is 2.28. The fraction of sp³-hybridized carbons (Fsp3) is 0.462. The molecule has 2 aliphatic heterocycles. The van der Waals surface area contributed by atoms with Crippen LogP contribution in [0.3, 0.4) is 0 Å². The Kier molecular flexibility index (Phi) is 8.07. The normalized spacial score (nSPS) is 18.6. The minimum atomic E-state index is -3.65. The molecule has 2 fully saturated rings. The number of rotatable bonds is 7. The fourth-order valence-electron chi connectivity index (χ4n) is 4.85. The van der Waals surface area contributed by atoms with E-state index in [1.807, 2.05) is 11.0 Å². The van der Waals surface area contributed by atoms with Crippen LogP contribution in [0.15, 0.2) is 59.5 Å². The van der Waals surface area contributed by atoms with Crippen LogP contribution in [0.2, 0.25) is 0 Å². The second-order valence-electron chi connectivity index (χ2n) is 9.12. The Balaban J connectivity index is 1.48. The summed E-state index contributed by atoms with van der Waals surface area (Å²) < 4.78 is 32.9. The third kappa shape index (κ3) is 5.85. The Morgan fingerprint density at radius 2 is 1.54 bits per heavy atom. The second-order valence-corrected chi connectivity index (χ2v) is 11.1. The number of piperidine rings is 2. The number of likely N-dealkylation sites (tertiary alicyclic amines) is 1. The van der Waals surface area contributed by atoms with Crippen LogP contribution in [0.1, 0.15) is 42.5 Å². The number of hydrogen-bond acceptors (Lipinski definition) is 5. The standard InChI is InChI=1S/C26H33N3O5S/c1-34-22-10-12-23(13-11-22)35(32,33)29-18-14-20(15-19-29)24(26(31)28-16-6-3-7-17-28)27-25(30)21-8-4-2-5-9-21/h2,4-5,8-13,20,24H,3,6-7,14-19H2,1H3,(H,27,30)/t24-/m0/s1. The summed E-state index contributed by atoms with van der Waals surface area (Å²) in [6.45, 7) is 1.98. The van der Waals surface area contributed by atoms with Crippen LogP contribution >= 0.6 is 0 Å². The van der Waals surface area contributed by atoms with Gasteiger partial charge in [-0.1, -0.05) is 18.2 Å². The molecule has 2 aliphatic rings. The van der Waals surface area contributed by atoms with Gasteiger partial charge >= 0.3 is 0 Å². The van der Waals surface area contributed by atoms with E-state index in [1.54, 1.807) is 48.5 Å². The molecule has 0 aliphatic carbocycles. The van der Waals surface area contributed by atoms with E-state index in [-0.39, 0.29) is 22.6 Å². The molecule has 0 spiro atoms. The molecular formula is C26H33N3O5S. The van der Waals surface area contributed by atoms with Crippen molar-refractivity contribution < 1.29 is 22.7 Å². The van der Waals surface area contributed by atoms with Crippen LogP contribution in [0, 0.1) is 5.92 Å². The van der Waals surface area contributed by atoms with E-state index >= 15 is 0 Å². The molecule has 2 saturated heterocycles. The Hall–Kier alpha value is -2.91. The smallest absolute Gasteiger partial charge is 0.251 e. The number of sulfonamides is 1. The fourth-order valence-corrected chi connectivity index (χ4v) is 6.32. The summed E-state index contributed by atoms with van der Waals surface area (Å²) in [5.74, 6) is 0.106. The molecule has 2 aromatic carbocycles. The zero-order chi connectivity index (χ0) is 24.8. The van der Waals surface area contributed by atoms with Crippen molar-refractivity contribution in [3.63, 3.8) is 0 Å². The monoisotopic (exact) mass is 499 g/mol. The first-order valence-corrected chi connectivity index (χ1v) is 13.6. The number of nitrogens with zero attached hydrogens (tertiary/aromatic N) is 2. The number of ether oxygens (including phenoxy) is 1. The largest absolute Gasteiger partial charge is 0.497 e. The van der Waals surface area contributed by atoms with Gasteiger partial charge < -0.3 is 15.0 Å². The highest BCUT2D eigenvalue weighted by atomic mass is 32.2. The lowest BCUT2D eigenvalue weighted by atomic mass is 9.88. The van der Waals surface area contributed by atoms with Gasteiger partial charge in [-0.3, -0.25) is 9.59 Å². The zero-order valence-electron chi connectivity index (χ0n) is 20.1. The van der Waals surface area contributed by atoms with Crippen LogP contribution in [0.25, 0.3) is 0 Å². The predicted molar refractivity (Wildman–Crippen MR) is 133 cm³/mol. The topological polar surface area (TPSA) is 96.0 Å². The van der Waals surface area contributed by atoms with Crippen LogP contribution < -0.4 is 10.1 Å². The maximum atomic E-state index is 13.5. The number of carbonyl (C=O) groups is 2. The van der Waals surface area contributed by atoms with E-state index in [9.17, 15) is 18.0 Å². The minimum absolute atomic E-state index is 0.0644. The summed E-state index contributed by atoms with van der Waals surface area (Å²) >= 11 is 0. The van der Waals surface area contributed by atoms with Crippen LogP contribution in [-0.4, -0.2) is 68.8 Å². The molecule has 1 atom stereocenters. The summed E-state index contributed by atoms with van der Waals surface area (Å²) in [6, 6.07) is 14.5. The Morgan fingerprint density at radius 3 is 2.14 bits per heavy atom. The maximum absolute atomic E-state index is 13.5. The van der Waals surface area contributed by atoms with Gasteiger partial charge in [-0.05, 0) is 74.4 Å². The minimum Gasteiger partial charge on any atom is -0.497 e. The first kappa shape index (κ1) is 25.2. The lowest BCUT2D eigenvalue weighted by Gasteiger charge is -2.38. The molecule has 0 aromatic heterocycles. The average molecular weight is 500 g/mol. The Labute approximate surface area is 207 Å². The molecule has 8 nitrogen and oxygen atoms in total. The van der Waals surface area contributed by atoms with Gasteiger partial charge in [0.2, 0.25) is 15.9 Å². The number of amides is 2. The number of carbonyl (C=O) groups excluding carboxylic acids is 2. The van der Waals surface area contributed by atoms with E-state index in [0.717, 1.165) is 19.3 Å². The summed E-state index contributed by atoms with van der Waals surface area (Å²) in [7, 11) is -2.11. The van der Waals surface area contributed by atoms with Crippen LogP contribution in [0.4, 0.5) is 0 Å². The van der Waals surface area contributed by atoms with Crippen molar-refractivity contribution in [3.05, 3.63) is 60.2 Å². The van der Waals surface area contributed by atoms with E-state index in [1.165, 1.54) is 11.4 Å². The van der Waals surface area contributed by atoms with Crippen LogP contribution in [0.5, 0.6) is 5.75 Å². The van der Waals surface area contributed by atoms with Crippen molar-refractivity contribution in [1.82, 2.24) is 14.5 Å². The first-order valence-electron chi connectivity index (χ1n) is 12.2. The SMILES string of the molecule is COc1ccc(S(=O)(=O)N2CCC([C@H](NC(=O)c3ccccc3)C(=O)N3CCCCC3)CC2)cc1. The Bertz CT molecular complexity index is 1110. The summed E-state index contributed by atoms with van der Waals surface area (Å²) in [5, 5.41) is 2.99. The molecule has 35 heavy (non-hydrogen) atoms. The zero-order valence-corrected chi connectivity index (χ0v) is 20.9. The van der Waals surface area contributed by atoms with Gasteiger partial charge in [-0.2, -0.15) is 4.31 Å². The molecular weight excluding hydrogens is 466 g/mol. The average Bonchev–Trinajstić information content (AvgIpc) is 2.92. The molecule has 1 N–H and O–H groups in total. The number of methoxy groups -OCH3 is 1. The molecule has 0 radical (unpaired) electrons. The van der Waals surface area contributed by atoms with Crippen LogP contribution in [-0.2, 0) is 14.8 Å². The van der Waals surface area contributed by atoms with Gasteiger partial charge in [0.15, 0.2) is 0 Å². The van der Waals surface area contributed by atoms with E-state index < -0.39 is 16.1 Å². The summed E-state index contributed by atoms with van der Waals surface area (Å²) in [4.78, 5) is 28.5. The van der Waals surface area contributed by atoms with Crippen molar-refractivity contribution in [3.8, 4) is 5.75 Å². The number of nitrogens with one attached hydrogen (secondary N) is 1. The van der Waals surface area contributed by atoms with E-state index in [2.05, 4.69) is 5.32 Å². The highest BCUT2D eigenvalue weighted by Gasteiger charge is 2.38. The summed E-state index contributed by atoms with van der Waals surface area (Å²) in [6.07, 6.45) is 4.02. The lowest BCUT2D eigenvalue weighted by Crippen LogP contribution is -2.55. The van der Waals surface area contributed by atoms with Gasteiger partial charge in [0.05, 0.1) is 12.0 Å². The Morgan fingerprint density at radius 1 is 0.914 bits per heavy atom. The molecule has 2 amide bonds. The molecule has 0 unspecified atom stereocenters. The third-order valence-electron chi connectivity index (χ3n) is 6.92. The molecule has 0 bridgehead atoms. The van der Waals surface area contributed by atoms with Gasteiger partial charge in [-0.25, -0.2) is 8.42 Å². The summed E-state index contributed by atoms with van der Waals surface area (Å²) in [5.41, 5.74) is 0.503. The van der Waals surface area contributed by atoms with Crippen molar-refractivity contribution in [1.29, 1.82) is 0 Å². The highest BCUT2D eigenvalue weighted by molar-refractivity contribution is 7.89. The number of benzene rings is 2. The lowest BCUT2D eigenvalue weighted by molar-refractivity contribution is -0.135. The molecule has 2 aromatic rings. The van der Waals surface area contributed by atoms with Gasteiger partial charge in [0.1, 0.15) is 11.8 Å². The molecule has 188 valence electrons. The van der Waals surface area contributed by atoms with E-state index in [4.69, 9.17) is 4.74 Å². The van der Waals surface area contributed by atoms with E-state index in [0.29, 0.717) is 50.3 Å². The molecule has 2 heterocycles. The van der Waals surface area contributed by atoms with Gasteiger partial charge in [-0.15, -0.1) is 0 Å². The quantitative estimate of drug-likeness (QED) is 0.632. The second kappa shape index (κ2) is 11.2. The predicted octanol–water partition coefficient (Wildman–Crippen LogP) is 2.91. The number of hydrogen-bond donors (Lipinski definition) is 1. The van der Waals surface area contributed by atoms with Crippen molar-refractivity contribution >= 4 is 21.8 Å². The van der Waals surface area contributed by atoms with Crippen molar-refractivity contribution in [2.24, 2.45) is 5.92 Å². The molecule has 9 heteroatoms. The molecule has 0 saturated carbocycles. The van der Waals surface area contributed by atoms with Gasteiger partial charge in [0, 0.05) is 31.7 Å². The first-order chi connectivity index (χ1) is 16.9. The van der Waals surface area contributed by atoms with Gasteiger partial charge in [0.25, 0.3) is 5.91 Å². The molecule has 4 rings (SSSR count). The third-order valence-corrected chi connectivity index (χ3v) is 8.84.